The number of phosphoric ester groups is 1. The molecule has 0 saturated heterocycles. The lowest BCUT2D eigenvalue weighted by Crippen LogP contribution is -2.43. The minimum absolute atomic E-state index is 0.0748. The molecule has 0 spiro atoms. The third kappa shape index (κ3) is 34.7. The maximum atomic E-state index is 12.6. The van der Waals surface area contributed by atoms with E-state index < -0.39 is 13.9 Å². The van der Waals surface area contributed by atoms with Gasteiger partial charge in [0.05, 0.1) is 40.4 Å². The molecule has 0 aliphatic carbocycles. The number of likely N-dealkylation sites (N-methyl/N-ethyl adjacent to an activating group) is 1. The highest BCUT2D eigenvalue weighted by molar-refractivity contribution is 7.47. The Morgan fingerprint density at radius 2 is 1.17 bits per heavy atom. The minimum atomic E-state index is -4.27. The first kappa shape index (κ1) is 46.9. The summed E-state index contributed by atoms with van der Waals surface area (Å²) in [5.74, 6) is -0.445. The summed E-state index contributed by atoms with van der Waals surface area (Å²) in [5, 5.41) is 5.50. The van der Waals surface area contributed by atoms with Crippen molar-refractivity contribution in [1.82, 2.24) is 10.6 Å². The number of hydrogen-bond donors (Lipinski definition) is 4. The molecular weight excluding hydrogens is 639 g/mol. The molecule has 0 fully saturated rings. The van der Waals surface area contributed by atoms with E-state index in [4.69, 9.17) is 29.0 Å². The van der Waals surface area contributed by atoms with Crippen molar-refractivity contribution in [3.05, 3.63) is 0 Å². The molecule has 0 saturated carbocycles. The SMILES string of the molecule is CCCCCCCCCCOCC(COP(=O)(O)OCC[N+](C)(C)C)NC(=O)COCCCCCCCCCCOCC(=O)NCCN. The van der Waals surface area contributed by atoms with Crippen molar-refractivity contribution in [2.75, 3.05) is 93.6 Å². The number of quaternary nitrogens is 1. The van der Waals surface area contributed by atoms with Gasteiger partial charge in [0.2, 0.25) is 11.8 Å². The highest BCUT2D eigenvalue weighted by Crippen LogP contribution is 2.43. The summed E-state index contributed by atoms with van der Waals surface area (Å²) in [5.41, 5.74) is 5.35. The molecule has 0 aromatic rings. The predicted octanol–water partition coefficient (Wildman–Crippen LogP) is 4.70. The Balaban J connectivity index is 4.18. The van der Waals surface area contributed by atoms with Gasteiger partial charge in [-0.15, -0.1) is 0 Å². The van der Waals surface area contributed by atoms with Crippen LogP contribution in [0.1, 0.15) is 110 Å². The van der Waals surface area contributed by atoms with Crippen LogP contribution in [0.5, 0.6) is 0 Å². The monoisotopic (exact) mass is 712 g/mol. The van der Waals surface area contributed by atoms with Gasteiger partial charge in [-0.25, -0.2) is 4.57 Å². The van der Waals surface area contributed by atoms with Crippen LogP contribution in [-0.2, 0) is 37.4 Å². The lowest BCUT2D eigenvalue weighted by Gasteiger charge is -2.24. The van der Waals surface area contributed by atoms with E-state index >= 15 is 0 Å². The first-order valence-electron chi connectivity index (χ1n) is 18.4. The van der Waals surface area contributed by atoms with Gasteiger partial charge in [0, 0.05) is 32.9 Å². The molecule has 0 heterocycles. The largest absolute Gasteiger partial charge is 0.472 e. The number of hydrogen-bond acceptors (Lipinski definition) is 9. The quantitative estimate of drug-likeness (QED) is 0.0407. The Labute approximate surface area is 291 Å². The molecule has 286 valence electrons. The average Bonchev–Trinajstić information content (AvgIpc) is 3.02. The Bertz CT molecular complexity index is 818. The van der Waals surface area contributed by atoms with Crippen molar-refractivity contribution in [1.29, 1.82) is 0 Å². The molecule has 0 aliphatic rings. The van der Waals surface area contributed by atoms with Gasteiger partial charge < -0.3 is 40.0 Å². The number of ether oxygens (including phenoxy) is 3. The Morgan fingerprint density at radius 3 is 1.67 bits per heavy atom. The van der Waals surface area contributed by atoms with Crippen molar-refractivity contribution < 1.29 is 46.8 Å². The second kappa shape index (κ2) is 31.8. The van der Waals surface area contributed by atoms with Crippen LogP contribution in [0.3, 0.4) is 0 Å². The third-order valence-corrected chi connectivity index (χ3v) is 8.53. The van der Waals surface area contributed by atoms with Gasteiger partial charge in [-0.2, -0.15) is 0 Å². The van der Waals surface area contributed by atoms with Crippen LogP contribution in [0.25, 0.3) is 0 Å². The van der Waals surface area contributed by atoms with Gasteiger partial charge in [0.1, 0.15) is 26.4 Å². The van der Waals surface area contributed by atoms with Gasteiger partial charge in [-0.3, -0.25) is 18.6 Å². The topological polar surface area (TPSA) is 168 Å². The normalized spacial score (nSPS) is 13.7. The fourth-order valence-corrected chi connectivity index (χ4v) is 5.43. The van der Waals surface area contributed by atoms with Crippen LogP contribution < -0.4 is 16.4 Å². The van der Waals surface area contributed by atoms with Crippen molar-refractivity contribution in [2.24, 2.45) is 5.73 Å². The minimum Gasteiger partial charge on any atom is -0.379 e. The second-order valence-corrected chi connectivity index (χ2v) is 15.0. The number of carbonyl (C=O) groups is 2. The molecule has 0 radical (unpaired) electrons. The molecular formula is C34H72N4O9P+. The van der Waals surface area contributed by atoms with Gasteiger partial charge in [0.15, 0.2) is 0 Å². The number of unbranched alkanes of at least 4 members (excludes halogenated alkanes) is 14. The molecule has 13 nitrogen and oxygen atoms in total. The first-order chi connectivity index (χ1) is 23.0. The zero-order chi connectivity index (χ0) is 35.8. The molecule has 0 bridgehead atoms. The van der Waals surface area contributed by atoms with Crippen molar-refractivity contribution >= 4 is 19.6 Å². The number of nitrogens with one attached hydrogen (secondary N) is 2. The zero-order valence-corrected chi connectivity index (χ0v) is 31.7. The summed E-state index contributed by atoms with van der Waals surface area (Å²) in [7, 11) is 1.62. The average molecular weight is 712 g/mol. The molecule has 5 N–H and O–H groups in total. The summed E-state index contributed by atoms with van der Waals surface area (Å²) in [6.07, 6.45) is 18.1. The van der Waals surface area contributed by atoms with Crippen LogP contribution in [0, 0.1) is 0 Å². The van der Waals surface area contributed by atoms with Gasteiger partial charge in [-0.05, 0) is 19.3 Å². The number of nitrogens with zero attached hydrogens (tertiary/aromatic N) is 1. The van der Waals surface area contributed by atoms with Crippen molar-refractivity contribution in [2.45, 2.75) is 116 Å². The van der Waals surface area contributed by atoms with Crippen LogP contribution in [0.4, 0.5) is 0 Å². The van der Waals surface area contributed by atoms with Gasteiger partial charge in [0.25, 0.3) is 0 Å². The Kier molecular flexibility index (Phi) is 31.0. The maximum absolute atomic E-state index is 12.6. The Hall–Kier alpha value is -1.15. The number of amides is 2. The fourth-order valence-electron chi connectivity index (χ4n) is 4.68. The summed E-state index contributed by atoms with van der Waals surface area (Å²) >= 11 is 0. The number of nitrogens with two attached hydrogens (primary N) is 1. The van der Waals surface area contributed by atoms with Crippen LogP contribution in [0.15, 0.2) is 0 Å². The van der Waals surface area contributed by atoms with Gasteiger partial charge in [-0.1, -0.05) is 90.4 Å². The molecule has 14 heteroatoms. The smallest absolute Gasteiger partial charge is 0.379 e. The van der Waals surface area contributed by atoms with Crippen LogP contribution in [0.2, 0.25) is 0 Å². The lowest BCUT2D eigenvalue weighted by molar-refractivity contribution is -0.870. The molecule has 0 aromatic heterocycles. The molecule has 0 aromatic carbocycles. The summed E-state index contributed by atoms with van der Waals surface area (Å²) in [4.78, 5) is 34.1. The highest BCUT2D eigenvalue weighted by Gasteiger charge is 2.25. The second-order valence-electron chi connectivity index (χ2n) is 13.5. The van der Waals surface area contributed by atoms with Crippen molar-refractivity contribution in [3.63, 3.8) is 0 Å². The van der Waals surface area contributed by atoms with E-state index in [1.165, 1.54) is 38.5 Å². The Morgan fingerprint density at radius 1 is 0.688 bits per heavy atom. The highest BCUT2D eigenvalue weighted by atomic mass is 31.2. The molecule has 2 unspecified atom stereocenters. The lowest BCUT2D eigenvalue weighted by atomic mass is 10.1. The van der Waals surface area contributed by atoms with E-state index in [9.17, 15) is 19.0 Å². The number of phosphoric acid groups is 1. The van der Waals surface area contributed by atoms with Gasteiger partial charge >= 0.3 is 7.82 Å². The van der Waals surface area contributed by atoms with E-state index in [0.717, 1.165) is 64.2 Å². The summed E-state index contributed by atoms with van der Waals surface area (Å²) < 4.78 is 40.1. The zero-order valence-electron chi connectivity index (χ0n) is 30.9. The molecule has 48 heavy (non-hydrogen) atoms. The van der Waals surface area contributed by atoms with E-state index in [-0.39, 0.29) is 44.8 Å². The van der Waals surface area contributed by atoms with Crippen LogP contribution in [-0.4, -0.2) is 121 Å². The molecule has 2 atom stereocenters. The molecule has 0 aliphatic heterocycles. The molecule has 2 amide bonds. The maximum Gasteiger partial charge on any atom is 0.472 e. The van der Waals surface area contributed by atoms with E-state index in [1.807, 2.05) is 21.1 Å². The summed E-state index contributed by atoms with van der Waals surface area (Å²) in [6.45, 7) is 5.33. The van der Waals surface area contributed by atoms with E-state index in [2.05, 4.69) is 17.6 Å². The third-order valence-electron chi connectivity index (χ3n) is 7.54. The summed E-state index contributed by atoms with van der Waals surface area (Å²) in [6, 6.07) is -0.606. The van der Waals surface area contributed by atoms with Crippen molar-refractivity contribution in [3.8, 4) is 0 Å². The first-order valence-corrected chi connectivity index (χ1v) is 19.9. The predicted molar refractivity (Wildman–Crippen MR) is 191 cm³/mol. The number of rotatable bonds is 36. The van der Waals surface area contributed by atoms with E-state index in [1.54, 1.807) is 0 Å². The fraction of sp³-hybridized carbons (Fsp3) is 0.941. The molecule has 0 rings (SSSR count). The van der Waals surface area contributed by atoms with Crippen LogP contribution >= 0.6 is 7.82 Å². The van der Waals surface area contributed by atoms with E-state index in [0.29, 0.717) is 43.9 Å². The standard InChI is InChI=1S/C34H71N4O9P/c1-5-6-7-8-9-12-15-18-24-43-28-32(29-47-48(41,42)46-27-23-38(2,3)4)37-34(40)31-45-26-20-17-14-11-10-13-16-19-25-44-30-33(39)36-22-21-35/h32H,5-31,35H2,1-4H3,(H2-,36,37,39,40,41,42)/p+1. The number of carbonyl (C=O) groups excluding carboxylic acids is 2.